The number of ether oxygens (including phenoxy) is 3. The largest absolute Gasteiger partial charge is 0.490 e. The van der Waals surface area contributed by atoms with Gasteiger partial charge in [-0.05, 0) is 104 Å². The number of benzene rings is 2. The smallest absolute Gasteiger partial charge is 0.425 e. The number of nitrogens with zero attached hydrogens (tertiary/aromatic N) is 6. The summed E-state index contributed by atoms with van der Waals surface area (Å²) in [5, 5.41) is 9.90. The van der Waals surface area contributed by atoms with Gasteiger partial charge < -0.3 is 38.8 Å². The van der Waals surface area contributed by atoms with E-state index in [0.717, 1.165) is 43.4 Å². The lowest BCUT2D eigenvalue weighted by Crippen LogP contribution is -2.44. The molecule has 314 valence electrons. The highest BCUT2D eigenvalue weighted by Crippen LogP contribution is 2.46. The first-order valence-electron chi connectivity index (χ1n) is 19.5. The summed E-state index contributed by atoms with van der Waals surface area (Å²) in [6, 6.07) is 5.91. The Balaban J connectivity index is 1.21. The third-order valence-corrected chi connectivity index (χ3v) is 9.77. The van der Waals surface area contributed by atoms with Crippen molar-refractivity contribution in [1.29, 1.82) is 0 Å². The van der Waals surface area contributed by atoms with Crippen molar-refractivity contribution in [2.45, 2.75) is 104 Å². The SMILES string of the molecule is CCN1CCC(Oc2ccc(NC(=O)Nc3ccc(-c4cn(C5CC5)c5ncnc(N(C(=O)OC(C)(C)C)C(=O)OC(C)(C)C)c45)c4cnoc34)cc2C(F)(F)F)CC1. The number of hydrogen-bond acceptors (Lipinski definition) is 11. The summed E-state index contributed by atoms with van der Waals surface area (Å²) in [5.74, 6) is -0.370. The number of halogens is 3. The van der Waals surface area contributed by atoms with E-state index in [1.807, 2.05) is 17.7 Å². The van der Waals surface area contributed by atoms with Crippen LogP contribution in [0.4, 0.5) is 44.7 Å². The van der Waals surface area contributed by atoms with Gasteiger partial charge in [-0.2, -0.15) is 18.1 Å². The van der Waals surface area contributed by atoms with Gasteiger partial charge in [0.2, 0.25) is 0 Å². The molecular formula is C41H47F3N8O7. The molecule has 5 aromatic rings. The van der Waals surface area contributed by atoms with Crippen LogP contribution in [0.3, 0.4) is 0 Å². The fourth-order valence-electron chi connectivity index (χ4n) is 6.97. The predicted octanol–water partition coefficient (Wildman–Crippen LogP) is 9.78. The molecule has 7 rings (SSSR count). The molecule has 1 saturated carbocycles. The molecule has 1 aliphatic heterocycles. The van der Waals surface area contributed by atoms with E-state index < -0.39 is 41.2 Å². The Bertz CT molecular complexity index is 2360. The summed E-state index contributed by atoms with van der Waals surface area (Å²) in [6.45, 7) is 14.4. The van der Waals surface area contributed by atoms with Crippen LogP contribution in [0.25, 0.3) is 33.1 Å². The molecule has 2 aliphatic rings. The number of hydrogen-bond donors (Lipinski definition) is 2. The van der Waals surface area contributed by atoms with E-state index in [1.54, 1.807) is 53.7 Å². The maximum Gasteiger partial charge on any atom is 0.425 e. The van der Waals surface area contributed by atoms with Crippen LogP contribution in [0.2, 0.25) is 0 Å². The van der Waals surface area contributed by atoms with Gasteiger partial charge in [0.1, 0.15) is 35.0 Å². The van der Waals surface area contributed by atoms with E-state index >= 15 is 0 Å². The molecule has 3 aromatic heterocycles. The normalized spacial score (nSPS) is 15.6. The van der Waals surface area contributed by atoms with Crippen molar-refractivity contribution in [3.63, 3.8) is 0 Å². The summed E-state index contributed by atoms with van der Waals surface area (Å²) < 4.78 is 67.4. The highest BCUT2D eigenvalue weighted by molar-refractivity contribution is 6.18. The third-order valence-electron chi connectivity index (χ3n) is 9.77. The molecule has 0 radical (unpaired) electrons. The average molecular weight is 821 g/mol. The number of carbonyl (C=O) groups excluding carboxylic acids is 3. The number of aromatic nitrogens is 4. The Morgan fingerprint density at radius 3 is 2.19 bits per heavy atom. The Morgan fingerprint density at radius 2 is 1.58 bits per heavy atom. The highest BCUT2D eigenvalue weighted by atomic mass is 19.4. The maximum absolute atomic E-state index is 14.2. The van der Waals surface area contributed by atoms with Crippen LogP contribution in [0.5, 0.6) is 5.75 Å². The number of fused-ring (bicyclic) bond motifs is 2. The minimum absolute atomic E-state index is 0.0735. The first-order chi connectivity index (χ1) is 27.8. The van der Waals surface area contributed by atoms with Crippen molar-refractivity contribution in [2.24, 2.45) is 0 Å². The van der Waals surface area contributed by atoms with E-state index in [9.17, 15) is 27.6 Å². The maximum atomic E-state index is 14.2. The van der Waals surface area contributed by atoms with Crippen LogP contribution in [0.15, 0.2) is 53.6 Å². The second kappa shape index (κ2) is 15.7. The van der Waals surface area contributed by atoms with Crippen molar-refractivity contribution < 1.29 is 46.3 Å². The zero-order valence-corrected chi connectivity index (χ0v) is 33.9. The van der Waals surface area contributed by atoms with Gasteiger partial charge in [-0.15, -0.1) is 0 Å². The van der Waals surface area contributed by atoms with Gasteiger partial charge in [-0.25, -0.2) is 24.4 Å². The number of urea groups is 1. The van der Waals surface area contributed by atoms with Crippen molar-refractivity contribution in [2.75, 3.05) is 35.2 Å². The van der Waals surface area contributed by atoms with Crippen LogP contribution < -0.4 is 20.3 Å². The molecule has 2 N–H and O–H groups in total. The number of piperidine rings is 1. The molecule has 1 saturated heterocycles. The minimum Gasteiger partial charge on any atom is -0.490 e. The lowest BCUT2D eigenvalue weighted by atomic mass is 10.0. The topological polar surface area (TPSA) is 166 Å². The molecule has 0 unspecified atom stereocenters. The molecule has 4 amide bonds. The first-order valence-corrected chi connectivity index (χ1v) is 19.5. The number of anilines is 3. The zero-order chi connectivity index (χ0) is 42.4. The highest BCUT2D eigenvalue weighted by Gasteiger charge is 2.38. The van der Waals surface area contributed by atoms with E-state index in [1.165, 1.54) is 24.7 Å². The number of nitrogens with one attached hydrogen (secondary N) is 2. The van der Waals surface area contributed by atoms with E-state index in [2.05, 4.69) is 30.7 Å². The minimum atomic E-state index is -4.74. The summed E-state index contributed by atoms with van der Waals surface area (Å²) in [6.07, 6.45) is 0.426. The van der Waals surface area contributed by atoms with Crippen molar-refractivity contribution in [3.05, 3.63) is 54.6 Å². The fourth-order valence-corrected chi connectivity index (χ4v) is 6.97. The summed E-state index contributed by atoms with van der Waals surface area (Å²) in [7, 11) is 0. The molecule has 0 atom stereocenters. The number of carbonyl (C=O) groups is 3. The first kappa shape index (κ1) is 41.3. The molecule has 1 aliphatic carbocycles. The van der Waals surface area contributed by atoms with Crippen LogP contribution in [0.1, 0.15) is 85.8 Å². The lowest BCUT2D eigenvalue weighted by Gasteiger charge is -2.31. The van der Waals surface area contributed by atoms with Gasteiger partial charge in [0.05, 0.1) is 28.2 Å². The third kappa shape index (κ3) is 9.22. The zero-order valence-electron chi connectivity index (χ0n) is 33.9. The van der Waals surface area contributed by atoms with E-state index in [4.69, 9.17) is 18.7 Å². The Morgan fingerprint density at radius 1 is 0.898 bits per heavy atom. The van der Waals surface area contributed by atoms with Gasteiger partial charge in [0.25, 0.3) is 0 Å². The molecule has 18 heteroatoms. The Labute approximate surface area is 338 Å². The van der Waals surface area contributed by atoms with Crippen LogP contribution in [-0.4, -0.2) is 79.7 Å². The molecule has 4 heterocycles. The molecule has 2 fully saturated rings. The fraction of sp³-hybridized carbons (Fsp3) is 0.463. The predicted molar refractivity (Wildman–Crippen MR) is 214 cm³/mol. The van der Waals surface area contributed by atoms with E-state index in [-0.39, 0.29) is 40.7 Å². The second-order valence-corrected chi connectivity index (χ2v) is 16.6. The summed E-state index contributed by atoms with van der Waals surface area (Å²) in [4.78, 5) is 52.8. The van der Waals surface area contributed by atoms with Gasteiger partial charge in [0.15, 0.2) is 11.4 Å². The van der Waals surface area contributed by atoms with Crippen molar-refractivity contribution in [1.82, 2.24) is 24.6 Å². The number of likely N-dealkylation sites (tertiary alicyclic amines) is 1. The number of imide groups is 1. The van der Waals surface area contributed by atoms with Crippen LogP contribution >= 0.6 is 0 Å². The second-order valence-electron chi connectivity index (χ2n) is 16.6. The number of rotatable bonds is 8. The molecule has 0 bridgehead atoms. The lowest BCUT2D eigenvalue weighted by molar-refractivity contribution is -0.139. The standard InChI is InChI=1S/C41H47F3N8O7/c1-8-50-17-15-25(16-18-50)56-31-14-9-23(19-29(31)41(42,43)44)48-36(53)49-30-13-12-26(27-20-47-59-33(27)30)28-21-51(24-10-11-24)34-32(28)35(46-22-45-34)52(37(54)57-39(2,3)4)38(55)58-40(5,6)7/h9,12-14,19-22,24-25H,8,10-11,15-18H2,1-7H3,(H2,48,49,53). The Kier molecular flexibility index (Phi) is 11.0. The van der Waals surface area contributed by atoms with Gasteiger partial charge in [-0.1, -0.05) is 18.1 Å². The number of amides is 4. The van der Waals surface area contributed by atoms with Crippen LogP contribution in [0, 0.1) is 0 Å². The van der Waals surface area contributed by atoms with E-state index in [0.29, 0.717) is 40.4 Å². The molecule has 0 spiro atoms. The van der Waals surface area contributed by atoms with Crippen molar-refractivity contribution in [3.8, 4) is 16.9 Å². The number of alkyl halides is 3. The molecule has 59 heavy (non-hydrogen) atoms. The van der Waals surface area contributed by atoms with Gasteiger partial charge in [-0.3, -0.25) is 0 Å². The van der Waals surface area contributed by atoms with Gasteiger partial charge in [0, 0.05) is 36.6 Å². The quantitative estimate of drug-likeness (QED) is 0.153. The summed E-state index contributed by atoms with van der Waals surface area (Å²) in [5.41, 5.74) is -1.23. The molecule has 15 nitrogen and oxygen atoms in total. The summed E-state index contributed by atoms with van der Waals surface area (Å²) >= 11 is 0. The Hall–Kier alpha value is -5.91. The van der Waals surface area contributed by atoms with Crippen LogP contribution in [-0.2, 0) is 15.7 Å². The van der Waals surface area contributed by atoms with Gasteiger partial charge >= 0.3 is 24.4 Å². The molecule has 2 aromatic carbocycles. The average Bonchev–Trinajstić information content (AvgIpc) is 3.72. The molecular weight excluding hydrogens is 773 g/mol. The van der Waals surface area contributed by atoms with Crippen molar-refractivity contribution >= 4 is 57.4 Å². The monoisotopic (exact) mass is 820 g/mol.